The normalized spacial score (nSPS) is 9.91. The summed E-state index contributed by atoms with van der Waals surface area (Å²) in [6.07, 6.45) is 0. The zero-order chi connectivity index (χ0) is 16.1. The quantitative estimate of drug-likeness (QED) is 0.774. The van der Waals surface area contributed by atoms with E-state index in [2.05, 4.69) is 20.7 Å². The van der Waals surface area contributed by atoms with E-state index in [9.17, 15) is 9.18 Å². The number of benzene rings is 2. The summed E-state index contributed by atoms with van der Waals surface area (Å²) in [5, 5.41) is 8.89. The Labute approximate surface area is 135 Å². The SMILES string of the molecule is COC(=O)c1cc(OCc2cc(C#N)ccc2Br)ccc1F. The first-order valence-corrected chi connectivity index (χ1v) is 7.03. The molecule has 22 heavy (non-hydrogen) atoms. The Bertz CT molecular complexity index is 756. The van der Waals surface area contributed by atoms with Crippen molar-refractivity contribution in [3.05, 3.63) is 63.4 Å². The first-order chi connectivity index (χ1) is 10.5. The minimum atomic E-state index is -0.768. The monoisotopic (exact) mass is 363 g/mol. The number of ether oxygens (including phenoxy) is 2. The van der Waals surface area contributed by atoms with Gasteiger partial charge in [-0.2, -0.15) is 5.26 Å². The molecule has 0 heterocycles. The van der Waals surface area contributed by atoms with E-state index in [0.717, 1.165) is 16.1 Å². The van der Waals surface area contributed by atoms with Crippen molar-refractivity contribution in [2.75, 3.05) is 7.11 Å². The number of carbonyl (C=O) groups excluding carboxylic acids is 1. The highest BCUT2D eigenvalue weighted by atomic mass is 79.9. The van der Waals surface area contributed by atoms with Crippen LogP contribution in [0.4, 0.5) is 4.39 Å². The molecule has 0 fully saturated rings. The highest BCUT2D eigenvalue weighted by Gasteiger charge is 2.13. The number of nitriles is 1. The molecule has 0 bridgehead atoms. The molecule has 6 heteroatoms. The maximum absolute atomic E-state index is 13.5. The molecule has 0 N–H and O–H groups in total. The van der Waals surface area contributed by atoms with Crippen LogP contribution in [0.3, 0.4) is 0 Å². The van der Waals surface area contributed by atoms with Crippen molar-refractivity contribution in [2.24, 2.45) is 0 Å². The number of nitrogens with zero attached hydrogens (tertiary/aromatic N) is 1. The summed E-state index contributed by atoms with van der Waals surface area (Å²) in [5.74, 6) is -1.11. The molecule has 2 aromatic carbocycles. The van der Waals surface area contributed by atoms with Gasteiger partial charge in [0.1, 0.15) is 18.2 Å². The molecule has 0 aliphatic heterocycles. The molecule has 112 valence electrons. The lowest BCUT2D eigenvalue weighted by molar-refractivity contribution is 0.0595. The molecule has 0 aliphatic carbocycles. The van der Waals surface area contributed by atoms with E-state index in [4.69, 9.17) is 10.00 Å². The Hall–Kier alpha value is -2.39. The Morgan fingerprint density at radius 3 is 2.77 bits per heavy atom. The van der Waals surface area contributed by atoms with Gasteiger partial charge in [-0.25, -0.2) is 9.18 Å². The van der Waals surface area contributed by atoms with Gasteiger partial charge in [-0.3, -0.25) is 0 Å². The maximum atomic E-state index is 13.5. The van der Waals surface area contributed by atoms with Gasteiger partial charge in [0.25, 0.3) is 0 Å². The summed E-state index contributed by atoms with van der Waals surface area (Å²) in [4.78, 5) is 11.4. The number of esters is 1. The lowest BCUT2D eigenvalue weighted by atomic mass is 10.1. The summed E-state index contributed by atoms with van der Waals surface area (Å²) < 4.78 is 24.4. The second-order valence-electron chi connectivity index (χ2n) is 4.34. The van der Waals surface area contributed by atoms with Gasteiger partial charge in [0, 0.05) is 10.0 Å². The number of hydrogen-bond donors (Lipinski definition) is 0. The van der Waals surface area contributed by atoms with Crippen molar-refractivity contribution in [2.45, 2.75) is 6.61 Å². The summed E-state index contributed by atoms with van der Waals surface area (Å²) in [6, 6.07) is 11.0. The summed E-state index contributed by atoms with van der Waals surface area (Å²) in [6.45, 7) is 0.169. The molecule has 0 aliphatic rings. The van der Waals surface area contributed by atoms with Crippen molar-refractivity contribution < 1.29 is 18.7 Å². The molecule has 0 aromatic heterocycles. The fourth-order valence-electron chi connectivity index (χ4n) is 1.78. The molecule has 2 aromatic rings. The Balaban J connectivity index is 2.19. The molecule has 0 amide bonds. The predicted molar refractivity (Wildman–Crippen MR) is 80.9 cm³/mol. The average molecular weight is 364 g/mol. The number of halogens is 2. The zero-order valence-electron chi connectivity index (χ0n) is 11.6. The van der Waals surface area contributed by atoms with Gasteiger partial charge in [0.15, 0.2) is 0 Å². The average Bonchev–Trinajstić information content (AvgIpc) is 2.54. The van der Waals surface area contributed by atoms with Crippen molar-refractivity contribution in [3.8, 4) is 11.8 Å². The molecular formula is C16H11BrFNO3. The van der Waals surface area contributed by atoms with Crippen LogP contribution in [0, 0.1) is 17.1 Å². The first-order valence-electron chi connectivity index (χ1n) is 6.24. The molecule has 0 radical (unpaired) electrons. The van der Waals surface area contributed by atoms with Crippen molar-refractivity contribution in [1.29, 1.82) is 5.26 Å². The molecule has 0 atom stereocenters. The van der Waals surface area contributed by atoms with Crippen LogP contribution in [0.2, 0.25) is 0 Å². The second-order valence-corrected chi connectivity index (χ2v) is 5.19. The van der Waals surface area contributed by atoms with Gasteiger partial charge in [-0.15, -0.1) is 0 Å². The van der Waals surface area contributed by atoms with Crippen LogP contribution in [0.5, 0.6) is 5.75 Å². The van der Waals surface area contributed by atoms with Crippen molar-refractivity contribution >= 4 is 21.9 Å². The van der Waals surface area contributed by atoms with E-state index in [0.29, 0.717) is 11.3 Å². The van der Waals surface area contributed by atoms with E-state index in [-0.39, 0.29) is 12.2 Å². The third-order valence-electron chi connectivity index (χ3n) is 2.91. The second kappa shape index (κ2) is 7.05. The number of hydrogen-bond acceptors (Lipinski definition) is 4. The molecule has 0 saturated heterocycles. The number of carbonyl (C=O) groups is 1. The number of methoxy groups -OCH3 is 1. The third kappa shape index (κ3) is 3.62. The van der Waals surface area contributed by atoms with Crippen LogP contribution in [-0.4, -0.2) is 13.1 Å². The minimum Gasteiger partial charge on any atom is -0.489 e. The Kier molecular flexibility index (Phi) is 5.12. The van der Waals surface area contributed by atoms with Crippen LogP contribution < -0.4 is 4.74 Å². The molecule has 2 rings (SSSR count). The first kappa shape index (κ1) is 16.0. The highest BCUT2D eigenvalue weighted by Crippen LogP contribution is 2.22. The smallest absolute Gasteiger partial charge is 0.340 e. The standard InChI is InChI=1S/C16H11BrFNO3/c1-21-16(20)13-7-12(3-5-15(13)18)22-9-11-6-10(8-19)2-4-14(11)17/h2-7H,9H2,1H3. The van der Waals surface area contributed by atoms with Gasteiger partial charge in [-0.05, 0) is 36.4 Å². The van der Waals surface area contributed by atoms with Crippen LogP contribution in [0.1, 0.15) is 21.5 Å². The van der Waals surface area contributed by atoms with Gasteiger partial charge >= 0.3 is 5.97 Å². The number of rotatable bonds is 4. The van der Waals surface area contributed by atoms with E-state index in [1.54, 1.807) is 18.2 Å². The van der Waals surface area contributed by atoms with Crippen LogP contribution in [-0.2, 0) is 11.3 Å². The zero-order valence-corrected chi connectivity index (χ0v) is 13.2. The van der Waals surface area contributed by atoms with Crippen LogP contribution >= 0.6 is 15.9 Å². The minimum absolute atomic E-state index is 0.169. The predicted octanol–water partition coefficient (Wildman–Crippen LogP) is 3.83. The lowest BCUT2D eigenvalue weighted by Crippen LogP contribution is -2.05. The van der Waals surface area contributed by atoms with E-state index >= 15 is 0 Å². The Morgan fingerprint density at radius 2 is 2.09 bits per heavy atom. The lowest BCUT2D eigenvalue weighted by Gasteiger charge is -2.10. The van der Waals surface area contributed by atoms with E-state index < -0.39 is 11.8 Å². The summed E-state index contributed by atoms with van der Waals surface area (Å²) >= 11 is 3.37. The van der Waals surface area contributed by atoms with Gasteiger partial charge in [-0.1, -0.05) is 15.9 Å². The van der Waals surface area contributed by atoms with Gasteiger partial charge < -0.3 is 9.47 Å². The fourth-order valence-corrected chi connectivity index (χ4v) is 2.14. The molecule has 4 nitrogen and oxygen atoms in total. The van der Waals surface area contributed by atoms with Gasteiger partial charge in [0.05, 0.1) is 24.3 Å². The largest absolute Gasteiger partial charge is 0.489 e. The van der Waals surface area contributed by atoms with Crippen molar-refractivity contribution in [3.63, 3.8) is 0 Å². The summed E-state index contributed by atoms with van der Waals surface area (Å²) in [5.41, 5.74) is 1.09. The topological polar surface area (TPSA) is 59.3 Å². The van der Waals surface area contributed by atoms with Crippen LogP contribution in [0.25, 0.3) is 0 Å². The summed E-state index contributed by atoms with van der Waals surface area (Å²) in [7, 11) is 1.18. The van der Waals surface area contributed by atoms with Crippen molar-refractivity contribution in [1.82, 2.24) is 0 Å². The fraction of sp³-hybridized carbons (Fsp3) is 0.125. The maximum Gasteiger partial charge on any atom is 0.340 e. The van der Waals surface area contributed by atoms with E-state index in [1.165, 1.54) is 19.2 Å². The molecule has 0 spiro atoms. The third-order valence-corrected chi connectivity index (χ3v) is 3.69. The highest BCUT2D eigenvalue weighted by molar-refractivity contribution is 9.10. The van der Waals surface area contributed by atoms with Gasteiger partial charge in [0.2, 0.25) is 0 Å². The van der Waals surface area contributed by atoms with Crippen LogP contribution in [0.15, 0.2) is 40.9 Å². The Morgan fingerprint density at radius 1 is 1.32 bits per heavy atom. The molecular weight excluding hydrogens is 353 g/mol. The molecule has 0 unspecified atom stereocenters. The van der Waals surface area contributed by atoms with E-state index in [1.807, 2.05) is 6.07 Å². The molecule has 0 saturated carbocycles.